The lowest BCUT2D eigenvalue weighted by Crippen LogP contribution is -2.39. The van der Waals surface area contributed by atoms with Crippen molar-refractivity contribution in [1.29, 1.82) is 0 Å². The van der Waals surface area contributed by atoms with Crippen molar-refractivity contribution in [2.75, 3.05) is 6.54 Å². The second-order valence-electron chi connectivity index (χ2n) is 9.24. The molecule has 3 fully saturated rings. The van der Waals surface area contributed by atoms with Gasteiger partial charge in [0.15, 0.2) is 4.80 Å². The number of aromatic nitrogens is 1. The molecule has 0 unspecified atom stereocenters. The van der Waals surface area contributed by atoms with E-state index in [9.17, 15) is 0 Å². The smallest absolute Gasteiger partial charge is 0.184 e. The third-order valence-corrected chi connectivity index (χ3v) is 8.02. The molecular formula is C25H29BrN2S. The van der Waals surface area contributed by atoms with Crippen LogP contribution in [-0.4, -0.2) is 11.1 Å². The summed E-state index contributed by atoms with van der Waals surface area (Å²) in [6.45, 7) is 2.21. The van der Waals surface area contributed by atoms with Crippen molar-refractivity contribution in [3.63, 3.8) is 0 Å². The molecule has 0 bridgehead atoms. The van der Waals surface area contributed by atoms with Gasteiger partial charge in [-0.05, 0) is 66.7 Å². The lowest BCUT2D eigenvalue weighted by molar-refractivity contribution is 0.281. The van der Waals surface area contributed by atoms with Gasteiger partial charge in [-0.1, -0.05) is 48.9 Å². The van der Waals surface area contributed by atoms with Crippen molar-refractivity contribution in [3.05, 3.63) is 63.9 Å². The average Bonchev–Trinajstić information content (AvgIpc) is 3.60. The molecule has 152 valence electrons. The molecule has 3 aromatic rings. The number of hydrogen-bond donors (Lipinski definition) is 0. The van der Waals surface area contributed by atoms with E-state index in [-0.39, 0.29) is 22.4 Å². The summed E-state index contributed by atoms with van der Waals surface area (Å²) in [7, 11) is 0. The second-order valence-corrected chi connectivity index (χ2v) is 10.1. The van der Waals surface area contributed by atoms with Gasteiger partial charge >= 0.3 is 0 Å². The Bertz CT molecular complexity index is 1080. The molecule has 29 heavy (non-hydrogen) atoms. The van der Waals surface area contributed by atoms with Gasteiger partial charge in [0.1, 0.15) is 0 Å². The molecule has 2 nitrogen and oxygen atoms in total. The molecule has 3 aliphatic rings. The summed E-state index contributed by atoms with van der Waals surface area (Å²) in [5.74, 6) is 1.74. The Hall–Kier alpha value is -1.39. The zero-order valence-electron chi connectivity index (χ0n) is 16.8. The fraction of sp³-hybridized carbons (Fsp3) is 0.480. The molecule has 1 heterocycles. The Morgan fingerprint density at radius 3 is 2.41 bits per heavy atom. The van der Waals surface area contributed by atoms with E-state index in [1.165, 1.54) is 72.6 Å². The van der Waals surface area contributed by atoms with Crippen LogP contribution >= 0.6 is 28.3 Å². The number of hydrogen-bond acceptors (Lipinski definition) is 2. The second kappa shape index (κ2) is 7.70. The molecule has 0 N–H and O–H groups in total. The first-order chi connectivity index (χ1) is 13.8. The molecule has 0 amide bonds. The van der Waals surface area contributed by atoms with Crippen LogP contribution in [0.15, 0.2) is 52.8 Å². The van der Waals surface area contributed by atoms with Gasteiger partial charge in [-0.3, -0.25) is 4.99 Å². The van der Waals surface area contributed by atoms with Crippen molar-refractivity contribution in [1.82, 2.24) is 4.57 Å². The third kappa shape index (κ3) is 3.63. The van der Waals surface area contributed by atoms with Crippen LogP contribution in [0.3, 0.4) is 0 Å². The lowest BCUT2D eigenvalue weighted by atomic mass is 9.62. The highest BCUT2D eigenvalue weighted by atomic mass is 79.9. The van der Waals surface area contributed by atoms with Gasteiger partial charge in [-0.25, -0.2) is 0 Å². The summed E-state index contributed by atoms with van der Waals surface area (Å²) >= 11 is 1.89. The molecule has 1 aromatic heterocycles. The fourth-order valence-electron chi connectivity index (χ4n) is 4.79. The molecular weight excluding hydrogens is 440 g/mol. The minimum atomic E-state index is 0. The number of rotatable bonds is 6. The van der Waals surface area contributed by atoms with Crippen molar-refractivity contribution in [2.24, 2.45) is 16.8 Å². The summed E-state index contributed by atoms with van der Waals surface area (Å²) in [5.41, 5.74) is 3.25. The predicted octanol–water partition coefficient (Wildman–Crippen LogP) is 6.47. The van der Waals surface area contributed by atoms with E-state index in [1.54, 1.807) is 5.69 Å². The highest BCUT2D eigenvalue weighted by Gasteiger charge is 2.43. The van der Waals surface area contributed by atoms with Crippen LogP contribution in [0.5, 0.6) is 0 Å². The Kier molecular flexibility index (Phi) is 5.19. The number of halogens is 1. The van der Waals surface area contributed by atoms with Gasteiger partial charge in [0.2, 0.25) is 0 Å². The third-order valence-electron chi connectivity index (χ3n) is 7.12. The topological polar surface area (TPSA) is 17.3 Å². The van der Waals surface area contributed by atoms with E-state index >= 15 is 0 Å². The largest absolute Gasteiger partial charge is 0.320 e. The van der Waals surface area contributed by atoms with Gasteiger partial charge in [-0.15, -0.1) is 28.3 Å². The average molecular weight is 469 g/mol. The maximum Gasteiger partial charge on any atom is 0.184 e. The van der Waals surface area contributed by atoms with E-state index in [4.69, 9.17) is 4.99 Å². The molecule has 0 radical (unpaired) electrons. The van der Waals surface area contributed by atoms with Crippen molar-refractivity contribution < 1.29 is 0 Å². The quantitative estimate of drug-likeness (QED) is 0.394. The molecule has 3 aliphatic carbocycles. The van der Waals surface area contributed by atoms with Crippen LogP contribution in [0.1, 0.15) is 56.2 Å². The molecule has 4 heteroatoms. The van der Waals surface area contributed by atoms with Crippen LogP contribution in [0.25, 0.3) is 10.8 Å². The zero-order valence-corrected chi connectivity index (χ0v) is 19.4. The molecule has 0 atom stereocenters. The van der Waals surface area contributed by atoms with E-state index in [1.807, 2.05) is 11.3 Å². The van der Waals surface area contributed by atoms with Crippen LogP contribution in [0.2, 0.25) is 0 Å². The minimum absolute atomic E-state index is 0. The van der Waals surface area contributed by atoms with E-state index in [0.717, 1.165) is 18.4 Å². The SMILES string of the molecule is Br.c1ccc2cc(C3(c4csc(=NCC5CC5)n4CC4CC4)CCC3)ccc2c1. The van der Waals surface area contributed by atoms with Crippen LogP contribution in [0.4, 0.5) is 0 Å². The Balaban J connectivity index is 0.00000181. The predicted molar refractivity (Wildman–Crippen MR) is 127 cm³/mol. The number of thiazole rings is 1. The first-order valence-corrected chi connectivity index (χ1v) is 11.9. The number of nitrogens with zero attached hydrogens (tertiary/aromatic N) is 2. The highest BCUT2D eigenvalue weighted by molar-refractivity contribution is 8.93. The number of fused-ring (bicyclic) bond motifs is 1. The van der Waals surface area contributed by atoms with Crippen molar-refractivity contribution in [2.45, 2.75) is 56.9 Å². The molecule has 2 aromatic carbocycles. The normalized spacial score (nSPS) is 21.0. The summed E-state index contributed by atoms with van der Waals surface area (Å²) < 4.78 is 2.62. The van der Waals surface area contributed by atoms with Crippen molar-refractivity contribution in [3.8, 4) is 0 Å². The van der Waals surface area contributed by atoms with E-state index in [0.29, 0.717) is 0 Å². The maximum absolute atomic E-state index is 5.07. The van der Waals surface area contributed by atoms with Crippen molar-refractivity contribution >= 4 is 39.1 Å². The van der Waals surface area contributed by atoms with Gasteiger partial charge in [-0.2, -0.15) is 0 Å². The Morgan fingerprint density at radius 2 is 1.72 bits per heavy atom. The Labute approximate surface area is 187 Å². The van der Waals surface area contributed by atoms with E-state index in [2.05, 4.69) is 52.4 Å². The lowest BCUT2D eigenvalue weighted by Gasteiger charge is -2.43. The van der Waals surface area contributed by atoms with Crippen LogP contribution in [-0.2, 0) is 12.0 Å². The first kappa shape index (κ1) is 19.6. The fourth-order valence-corrected chi connectivity index (χ4v) is 5.80. The van der Waals surface area contributed by atoms with Gasteiger partial charge in [0.25, 0.3) is 0 Å². The molecule has 3 saturated carbocycles. The Morgan fingerprint density at radius 1 is 0.966 bits per heavy atom. The monoisotopic (exact) mass is 468 g/mol. The van der Waals surface area contributed by atoms with Crippen LogP contribution < -0.4 is 4.80 Å². The summed E-state index contributed by atoms with van der Waals surface area (Å²) in [6.07, 6.45) is 9.43. The highest BCUT2D eigenvalue weighted by Crippen LogP contribution is 2.50. The zero-order chi connectivity index (χ0) is 18.6. The van der Waals surface area contributed by atoms with Crippen LogP contribution in [0, 0.1) is 11.8 Å². The maximum atomic E-state index is 5.07. The molecule has 0 saturated heterocycles. The minimum Gasteiger partial charge on any atom is -0.320 e. The first-order valence-electron chi connectivity index (χ1n) is 11.0. The molecule has 6 rings (SSSR count). The standard InChI is InChI=1S/C25H28N2S.BrH/c1-2-5-21-14-22(11-10-20(21)4-1)25(12-3-13-25)23-17-28-24(26-15-18-6-7-18)27(23)16-19-8-9-19;/h1-2,4-5,10-11,14,17-19H,3,6-9,12-13,15-16H2;1H. The summed E-state index contributed by atoms with van der Waals surface area (Å²) in [6, 6.07) is 15.9. The summed E-state index contributed by atoms with van der Waals surface area (Å²) in [4.78, 5) is 6.35. The number of benzene rings is 2. The van der Waals surface area contributed by atoms with E-state index < -0.39 is 0 Å². The molecule has 0 aliphatic heterocycles. The van der Waals surface area contributed by atoms with Gasteiger partial charge in [0, 0.05) is 29.6 Å². The van der Waals surface area contributed by atoms with Gasteiger partial charge < -0.3 is 4.57 Å². The summed E-state index contributed by atoms with van der Waals surface area (Å²) in [5, 5.41) is 5.16. The van der Waals surface area contributed by atoms with Gasteiger partial charge in [0.05, 0.1) is 0 Å². The molecule has 0 spiro atoms.